The van der Waals surface area contributed by atoms with E-state index in [1.54, 1.807) is 0 Å². The van der Waals surface area contributed by atoms with Crippen molar-refractivity contribution in [3.8, 4) is 0 Å². The third-order valence-electron chi connectivity index (χ3n) is 5.32. The SMILES string of the molecule is CC1Cc2ccccc2N1CCC(=O)NCCc1c[nH]c2ccccc12. The van der Waals surface area contributed by atoms with E-state index in [0.29, 0.717) is 19.0 Å². The Labute approximate surface area is 154 Å². The van der Waals surface area contributed by atoms with E-state index in [4.69, 9.17) is 0 Å². The lowest BCUT2D eigenvalue weighted by Gasteiger charge is -2.24. The highest BCUT2D eigenvalue weighted by Gasteiger charge is 2.25. The van der Waals surface area contributed by atoms with Crippen LogP contribution >= 0.6 is 0 Å². The van der Waals surface area contributed by atoms with Gasteiger partial charge in [-0.3, -0.25) is 4.79 Å². The van der Waals surface area contributed by atoms with Gasteiger partial charge in [0.2, 0.25) is 5.91 Å². The molecule has 4 nitrogen and oxygen atoms in total. The largest absolute Gasteiger partial charge is 0.368 e. The van der Waals surface area contributed by atoms with Crippen LogP contribution in [-0.2, 0) is 17.6 Å². The van der Waals surface area contributed by atoms with Crippen LogP contribution in [0.15, 0.2) is 54.7 Å². The van der Waals surface area contributed by atoms with Crippen molar-refractivity contribution in [3.63, 3.8) is 0 Å². The maximum absolute atomic E-state index is 12.3. The number of para-hydroxylation sites is 2. The topological polar surface area (TPSA) is 48.1 Å². The summed E-state index contributed by atoms with van der Waals surface area (Å²) in [5, 5.41) is 4.31. The zero-order chi connectivity index (χ0) is 17.9. The third kappa shape index (κ3) is 3.32. The Balaban J connectivity index is 1.27. The molecule has 0 saturated heterocycles. The van der Waals surface area contributed by atoms with Gasteiger partial charge in [0.15, 0.2) is 0 Å². The van der Waals surface area contributed by atoms with Crippen LogP contribution in [0.25, 0.3) is 10.9 Å². The quantitative estimate of drug-likeness (QED) is 0.715. The Morgan fingerprint density at radius 1 is 1.19 bits per heavy atom. The summed E-state index contributed by atoms with van der Waals surface area (Å²) in [5.41, 5.74) is 5.07. The zero-order valence-corrected chi connectivity index (χ0v) is 15.2. The maximum atomic E-state index is 12.3. The number of nitrogens with zero attached hydrogens (tertiary/aromatic N) is 1. The molecule has 1 aliphatic heterocycles. The molecule has 1 aliphatic rings. The first-order valence-electron chi connectivity index (χ1n) is 9.38. The molecular weight excluding hydrogens is 322 g/mol. The van der Waals surface area contributed by atoms with E-state index in [0.717, 1.165) is 24.9 Å². The van der Waals surface area contributed by atoms with Gasteiger partial charge in [-0.15, -0.1) is 0 Å². The molecule has 2 heterocycles. The summed E-state index contributed by atoms with van der Waals surface area (Å²) in [7, 11) is 0. The van der Waals surface area contributed by atoms with Crippen molar-refractivity contribution >= 4 is 22.5 Å². The van der Waals surface area contributed by atoms with E-state index in [2.05, 4.69) is 58.5 Å². The predicted octanol–water partition coefficient (Wildman–Crippen LogP) is 3.67. The first-order valence-corrected chi connectivity index (χ1v) is 9.38. The number of amides is 1. The van der Waals surface area contributed by atoms with Crippen molar-refractivity contribution in [3.05, 3.63) is 65.9 Å². The molecule has 2 N–H and O–H groups in total. The molecular formula is C22H25N3O. The van der Waals surface area contributed by atoms with Crippen LogP contribution in [0.1, 0.15) is 24.5 Å². The summed E-state index contributed by atoms with van der Waals surface area (Å²) < 4.78 is 0. The van der Waals surface area contributed by atoms with Gasteiger partial charge in [-0.25, -0.2) is 0 Å². The lowest BCUT2D eigenvalue weighted by molar-refractivity contribution is -0.120. The molecule has 2 aromatic carbocycles. The van der Waals surface area contributed by atoms with Gasteiger partial charge in [-0.1, -0.05) is 36.4 Å². The molecule has 1 unspecified atom stereocenters. The highest BCUT2D eigenvalue weighted by molar-refractivity contribution is 5.83. The molecule has 26 heavy (non-hydrogen) atoms. The number of carbonyl (C=O) groups excluding carboxylic acids is 1. The number of carbonyl (C=O) groups is 1. The number of rotatable bonds is 6. The van der Waals surface area contributed by atoms with E-state index in [1.807, 2.05) is 18.3 Å². The van der Waals surface area contributed by atoms with Gasteiger partial charge in [-0.2, -0.15) is 0 Å². The zero-order valence-electron chi connectivity index (χ0n) is 15.2. The minimum atomic E-state index is 0.126. The molecule has 4 heteroatoms. The molecule has 4 rings (SSSR count). The van der Waals surface area contributed by atoms with Gasteiger partial charge in [0.25, 0.3) is 0 Å². The summed E-state index contributed by atoms with van der Waals surface area (Å²) in [6, 6.07) is 17.3. The van der Waals surface area contributed by atoms with Gasteiger partial charge >= 0.3 is 0 Å². The minimum Gasteiger partial charge on any atom is -0.368 e. The fourth-order valence-electron chi connectivity index (χ4n) is 3.96. The highest BCUT2D eigenvalue weighted by Crippen LogP contribution is 2.31. The van der Waals surface area contributed by atoms with Crippen molar-refractivity contribution < 1.29 is 4.79 Å². The molecule has 0 radical (unpaired) electrons. The number of hydrogen-bond donors (Lipinski definition) is 2. The average Bonchev–Trinajstić information content (AvgIpc) is 3.20. The summed E-state index contributed by atoms with van der Waals surface area (Å²) in [6.07, 6.45) is 4.49. The summed E-state index contributed by atoms with van der Waals surface area (Å²) in [6.45, 7) is 3.68. The van der Waals surface area contributed by atoms with Crippen molar-refractivity contribution in [2.45, 2.75) is 32.2 Å². The predicted molar refractivity (Wildman–Crippen MR) is 107 cm³/mol. The second-order valence-corrected chi connectivity index (χ2v) is 7.08. The molecule has 0 bridgehead atoms. The second-order valence-electron chi connectivity index (χ2n) is 7.08. The number of fused-ring (bicyclic) bond motifs is 2. The van der Waals surface area contributed by atoms with E-state index in [1.165, 1.54) is 22.2 Å². The molecule has 0 aliphatic carbocycles. The Hall–Kier alpha value is -2.75. The van der Waals surface area contributed by atoms with Gasteiger partial charge in [0.05, 0.1) is 0 Å². The van der Waals surface area contributed by atoms with Crippen LogP contribution in [0.2, 0.25) is 0 Å². The second kappa shape index (κ2) is 7.24. The van der Waals surface area contributed by atoms with Crippen molar-refractivity contribution in [2.75, 3.05) is 18.0 Å². The van der Waals surface area contributed by atoms with Crippen LogP contribution in [0.5, 0.6) is 0 Å². The minimum absolute atomic E-state index is 0.126. The fourth-order valence-corrected chi connectivity index (χ4v) is 3.96. The summed E-state index contributed by atoms with van der Waals surface area (Å²) in [5.74, 6) is 0.126. The molecule has 0 saturated carbocycles. The van der Waals surface area contributed by atoms with Crippen LogP contribution in [-0.4, -0.2) is 30.0 Å². The van der Waals surface area contributed by atoms with E-state index >= 15 is 0 Å². The van der Waals surface area contributed by atoms with Crippen molar-refractivity contribution in [1.29, 1.82) is 0 Å². The van der Waals surface area contributed by atoms with Crippen molar-refractivity contribution in [1.82, 2.24) is 10.3 Å². The normalized spacial score (nSPS) is 16.0. The number of aromatic nitrogens is 1. The van der Waals surface area contributed by atoms with Gasteiger partial charge in [-0.05, 0) is 43.0 Å². The number of aromatic amines is 1. The van der Waals surface area contributed by atoms with Gasteiger partial charge < -0.3 is 15.2 Å². The monoisotopic (exact) mass is 347 g/mol. The molecule has 1 aromatic heterocycles. The number of H-pyrrole nitrogens is 1. The summed E-state index contributed by atoms with van der Waals surface area (Å²) >= 11 is 0. The number of nitrogens with one attached hydrogen (secondary N) is 2. The first kappa shape index (κ1) is 16.7. The van der Waals surface area contributed by atoms with Gasteiger partial charge in [0.1, 0.15) is 0 Å². The lowest BCUT2D eigenvalue weighted by Crippen LogP contribution is -2.34. The number of hydrogen-bond acceptors (Lipinski definition) is 2. The van der Waals surface area contributed by atoms with Crippen LogP contribution in [0.3, 0.4) is 0 Å². The molecule has 0 spiro atoms. The highest BCUT2D eigenvalue weighted by atomic mass is 16.1. The lowest BCUT2D eigenvalue weighted by atomic mass is 10.1. The average molecular weight is 347 g/mol. The van der Waals surface area contributed by atoms with E-state index < -0.39 is 0 Å². The molecule has 1 amide bonds. The molecule has 0 fully saturated rings. The summed E-state index contributed by atoms with van der Waals surface area (Å²) in [4.78, 5) is 17.9. The fraction of sp³-hybridized carbons (Fsp3) is 0.318. The first-order chi connectivity index (χ1) is 12.7. The Bertz CT molecular complexity index is 914. The standard InChI is InChI=1S/C22H25N3O/c1-16-14-17-6-2-5-9-21(17)25(16)13-11-22(26)23-12-10-18-15-24-20-8-4-3-7-19(18)20/h2-9,15-16,24H,10-14H2,1H3,(H,23,26). The van der Waals surface area contributed by atoms with Crippen LogP contribution in [0.4, 0.5) is 5.69 Å². The van der Waals surface area contributed by atoms with Gasteiger partial charge in [0, 0.05) is 48.3 Å². The smallest absolute Gasteiger partial charge is 0.221 e. The maximum Gasteiger partial charge on any atom is 0.221 e. The number of benzene rings is 2. The Morgan fingerprint density at radius 3 is 2.92 bits per heavy atom. The van der Waals surface area contributed by atoms with Crippen LogP contribution < -0.4 is 10.2 Å². The van der Waals surface area contributed by atoms with E-state index in [9.17, 15) is 4.79 Å². The van der Waals surface area contributed by atoms with Crippen LogP contribution in [0, 0.1) is 0 Å². The Morgan fingerprint density at radius 2 is 2.00 bits per heavy atom. The van der Waals surface area contributed by atoms with Crippen molar-refractivity contribution in [2.24, 2.45) is 0 Å². The molecule has 1 atom stereocenters. The number of anilines is 1. The molecule has 134 valence electrons. The third-order valence-corrected chi connectivity index (χ3v) is 5.32. The van der Waals surface area contributed by atoms with E-state index in [-0.39, 0.29) is 5.91 Å². The Kier molecular flexibility index (Phi) is 4.65. The molecule has 3 aromatic rings.